The van der Waals surface area contributed by atoms with Gasteiger partial charge in [0.2, 0.25) is 0 Å². The number of nitrogens with zero attached hydrogens (tertiary/aromatic N) is 1. The summed E-state index contributed by atoms with van der Waals surface area (Å²) in [5, 5.41) is 3.93. The van der Waals surface area contributed by atoms with Crippen molar-refractivity contribution in [3.05, 3.63) is 29.8 Å². The third-order valence-corrected chi connectivity index (χ3v) is 2.65. The Hall–Kier alpha value is -2.08. The Morgan fingerprint density at radius 3 is 2.78 bits per heavy atom. The molecular weight excluding hydrogens is 236 g/mol. The maximum absolute atomic E-state index is 10.8. The number of hydrogen-bond donors (Lipinski definition) is 1. The molecule has 2 aliphatic heterocycles. The lowest BCUT2D eigenvalue weighted by Gasteiger charge is -2.13. The number of epoxide rings is 1. The summed E-state index contributed by atoms with van der Waals surface area (Å²) < 4.78 is 15.4. The highest BCUT2D eigenvalue weighted by Crippen LogP contribution is 2.16. The Kier molecular flexibility index (Phi) is 2.85. The van der Waals surface area contributed by atoms with Gasteiger partial charge in [-0.1, -0.05) is 0 Å². The van der Waals surface area contributed by atoms with Gasteiger partial charge in [-0.25, -0.2) is 10.2 Å². The van der Waals surface area contributed by atoms with Crippen LogP contribution in [0.5, 0.6) is 5.75 Å². The van der Waals surface area contributed by atoms with Crippen LogP contribution in [0.1, 0.15) is 5.56 Å². The summed E-state index contributed by atoms with van der Waals surface area (Å²) in [5.41, 5.74) is 3.85. The van der Waals surface area contributed by atoms with Crippen molar-refractivity contribution in [2.75, 3.05) is 19.8 Å². The number of rotatable bonds is 4. The van der Waals surface area contributed by atoms with Gasteiger partial charge in [-0.05, 0) is 24.3 Å². The van der Waals surface area contributed by atoms with Crippen molar-refractivity contribution in [1.82, 2.24) is 5.43 Å². The van der Waals surface area contributed by atoms with Crippen LogP contribution < -0.4 is 10.2 Å². The Bertz CT molecular complexity index is 479. The number of hydrogen-bond acceptors (Lipinski definition) is 5. The first-order valence-corrected chi connectivity index (χ1v) is 5.65. The smallest absolute Gasteiger partial charge is 0.428 e. The second-order valence-electron chi connectivity index (χ2n) is 4.04. The zero-order valence-corrected chi connectivity index (χ0v) is 9.59. The molecule has 1 aromatic rings. The van der Waals surface area contributed by atoms with Gasteiger partial charge in [0.15, 0.2) is 0 Å². The van der Waals surface area contributed by atoms with Gasteiger partial charge in [-0.2, -0.15) is 5.10 Å². The van der Waals surface area contributed by atoms with E-state index < -0.39 is 6.09 Å². The Morgan fingerprint density at radius 2 is 2.17 bits per heavy atom. The molecule has 0 bridgehead atoms. The monoisotopic (exact) mass is 248 g/mol. The summed E-state index contributed by atoms with van der Waals surface area (Å²) in [7, 11) is 0. The van der Waals surface area contributed by atoms with Crippen LogP contribution in [0, 0.1) is 0 Å². The van der Waals surface area contributed by atoms with Crippen LogP contribution >= 0.6 is 0 Å². The van der Waals surface area contributed by atoms with Gasteiger partial charge in [0, 0.05) is 5.56 Å². The average molecular weight is 248 g/mol. The molecule has 0 saturated carbocycles. The van der Waals surface area contributed by atoms with E-state index in [9.17, 15) is 4.79 Å². The summed E-state index contributed by atoms with van der Waals surface area (Å²) in [6.07, 6.45) is -0.279. The number of amides is 1. The third kappa shape index (κ3) is 2.60. The molecule has 94 valence electrons. The Morgan fingerprint density at radius 1 is 1.39 bits per heavy atom. The molecule has 0 aliphatic carbocycles. The highest BCUT2D eigenvalue weighted by atomic mass is 16.6. The number of hydrazone groups is 1. The highest BCUT2D eigenvalue weighted by Gasteiger charge is 2.23. The van der Waals surface area contributed by atoms with Crippen molar-refractivity contribution >= 4 is 11.8 Å². The van der Waals surface area contributed by atoms with Gasteiger partial charge < -0.3 is 14.2 Å². The second-order valence-corrected chi connectivity index (χ2v) is 4.04. The Labute approximate surface area is 104 Å². The predicted molar refractivity (Wildman–Crippen MR) is 62.7 cm³/mol. The predicted octanol–water partition coefficient (Wildman–Crippen LogP) is 0.908. The number of cyclic esters (lactones) is 1. The van der Waals surface area contributed by atoms with E-state index in [0.29, 0.717) is 12.3 Å². The van der Waals surface area contributed by atoms with Gasteiger partial charge in [0.1, 0.15) is 30.8 Å². The maximum Gasteiger partial charge on any atom is 0.428 e. The molecule has 2 aliphatic rings. The summed E-state index contributed by atoms with van der Waals surface area (Å²) in [6, 6.07) is 7.47. The van der Waals surface area contributed by atoms with Crippen LogP contribution in [-0.2, 0) is 9.47 Å². The number of nitrogens with one attached hydrogen (secondary N) is 1. The maximum atomic E-state index is 10.8. The molecule has 0 spiro atoms. The van der Waals surface area contributed by atoms with Crippen LogP contribution in [-0.4, -0.2) is 37.7 Å². The van der Waals surface area contributed by atoms with Crippen molar-refractivity contribution < 1.29 is 19.0 Å². The lowest BCUT2D eigenvalue weighted by molar-refractivity contribution is 0.157. The molecule has 1 aromatic carbocycles. The molecule has 3 rings (SSSR count). The average Bonchev–Trinajstić information content (AvgIpc) is 3.22. The molecule has 1 saturated heterocycles. The quantitative estimate of drug-likeness (QED) is 0.804. The molecule has 6 nitrogen and oxygen atoms in total. The molecule has 6 heteroatoms. The van der Waals surface area contributed by atoms with E-state index in [-0.39, 0.29) is 12.7 Å². The van der Waals surface area contributed by atoms with Crippen molar-refractivity contribution in [3.8, 4) is 5.75 Å². The fourth-order valence-electron chi connectivity index (χ4n) is 1.56. The fraction of sp³-hybridized carbons (Fsp3) is 0.333. The number of carbonyl (C=O) groups is 1. The van der Waals surface area contributed by atoms with Crippen LogP contribution in [0.4, 0.5) is 4.79 Å². The number of ether oxygens (including phenoxy) is 3. The number of carbonyl (C=O) groups excluding carboxylic acids is 1. The molecule has 18 heavy (non-hydrogen) atoms. The molecular formula is C12H12N2O4. The van der Waals surface area contributed by atoms with E-state index in [1.54, 1.807) is 0 Å². The van der Waals surface area contributed by atoms with Gasteiger partial charge in [-0.15, -0.1) is 0 Å². The number of benzene rings is 1. The molecule has 1 unspecified atom stereocenters. The van der Waals surface area contributed by atoms with Gasteiger partial charge in [-0.3, -0.25) is 0 Å². The van der Waals surface area contributed by atoms with Crippen molar-refractivity contribution in [1.29, 1.82) is 0 Å². The molecule has 1 fully saturated rings. The lowest BCUT2D eigenvalue weighted by Crippen LogP contribution is -2.30. The van der Waals surface area contributed by atoms with E-state index in [1.165, 1.54) is 0 Å². The zero-order valence-electron chi connectivity index (χ0n) is 9.59. The minimum absolute atomic E-state index is 0.182. The minimum Gasteiger partial charge on any atom is -0.491 e. The fourth-order valence-corrected chi connectivity index (χ4v) is 1.56. The van der Waals surface area contributed by atoms with Crippen LogP contribution in [0.15, 0.2) is 29.4 Å². The first-order chi connectivity index (χ1) is 8.81. The zero-order chi connectivity index (χ0) is 12.4. The first kappa shape index (κ1) is 11.0. The molecule has 1 atom stereocenters. The lowest BCUT2D eigenvalue weighted by atomic mass is 10.1. The summed E-state index contributed by atoms with van der Waals surface area (Å²) in [6.45, 7) is 1.55. The topological polar surface area (TPSA) is 72.5 Å². The SMILES string of the molecule is O=C1NN=C(c2ccc(OCC3CO3)cc2)CO1. The molecule has 1 amide bonds. The van der Waals surface area contributed by atoms with Crippen molar-refractivity contribution in [2.24, 2.45) is 5.10 Å². The molecule has 1 N–H and O–H groups in total. The third-order valence-electron chi connectivity index (χ3n) is 2.65. The van der Waals surface area contributed by atoms with E-state index in [4.69, 9.17) is 14.2 Å². The largest absolute Gasteiger partial charge is 0.491 e. The minimum atomic E-state index is -0.525. The first-order valence-electron chi connectivity index (χ1n) is 5.65. The van der Waals surface area contributed by atoms with Crippen molar-refractivity contribution in [3.63, 3.8) is 0 Å². The molecule has 0 radical (unpaired) electrons. The van der Waals surface area contributed by atoms with Gasteiger partial charge >= 0.3 is 6.09 Å². The van der Waals surface area contributed by atoms with Crippen LogP contribution in [0.2, 0.25) is 0 Å². The normalized spacial score (nSPS) is 21.7. The van der Waals surface area contributed by atoms with E-state index in [2.05, 4.69) is 10.5 Å². The molecule has 0 aromatic heterocycles. The van der Waals surface area contributed by atoms with E-state index >= 15 is 0 Å². The van der Waals surface area contributed by atoms with E-state index in [1.807, 2.05) is 24.3 Å². The summed E-state index contributed by atoms with van der Waals surface area (Å²) in [4.78, 5) is 10.8. The van der Waals surface area contributed by atoms with Crippen LogP contribution in [0.25, 0.3) is 0 Å². The second kappa shape index (κ2) is 4.66. The summed E-state index contributed by atoms with van der Waals surface area (Å²) >= 11 is 0. The van der Waals surface area contributed by atoms with Crippen molar-refractivity contribution in [2.45, 2.75) is 6.10 Å². The Balaban J connectivity index is 1.64. The van der Waals surface area contributed by atoms with Crippen LogP contribution in [0.3, 0.4) is 0 Å². The summed E-state index contributed by atoms with van der Waals surface area (Å²) in [5.74, 6) is 0.788. The van der Waals surface area contributed by atoms with Gasteiger partial charge in [0.25, 0.3) is 0 Å². The van der Waals surface area contributed by atoms with Gasteiger partial charge in [0.05, 0.1) is 6.61 Å². The highest BCUT2D eigenvalue weighted by molar-refractivity contribution is 6.03. The molecule has 2 heterocycles. The van der Waals surface area contributed by atoms with E-state index in [0.717, 1.165) is 17.9 Å². The standard InChI is InChI=1S/C12H12N2O4/c15-12-14-13-11(7-18-12)8-1-3-9(4-2-8)16-5-10-6-17-10/h1-4,10H,5-7H2,(H,14,15).